The summed E-state index contributed by atoms with van der Waals surface area (Å²) >= 11 is 0. The number of benzene rings is 2. The molecular weight excluding hydrogens is 352 g/mol. The van der Waals surface area contributed by atoms with Crippen LogP contribution in [0.4, 0.5) is 0 Å². The molecule has 154 valence electrons. The second kappa shape index (κ2) is 11.7. The normalized spacial score (nSPS) is 18.7. The maximum absolute atomic E-state index is 5.81. The van der Waals surface area contributed by atoms with Crippen LogP contribution >= 0.6 is 0 Å². The maximum Gasteiger partial charge on any atom is 0.119 e. The lowest BCUT2D eigenvalue weighted by Gasteiger charge is -2.25. The van der Waals surface area contributed by atoms with Gasteiger partial charge in [-0.05, 0) is 73.4 Å². The van der Waals surface area contributed by atoms with E-state index < -0.39 is 0 Å². The van der Waals surface area contributed by atoms with Crippen molar-refractivity contribution >= 4 is 0 Å². The molecular formula is C28H36O. The highest BCUT2D eigenvalue weighted by atomic mass is 16.5. The van der Waals surface area contributed by atoms with Crippen molar-refractivity contribution in [1.82, 2.24) is 0 Å². The van der Waals surface area contributed by atoms with E-state index in [0.29, 0.717) is 5.92 Å². The van der Waals surface area contributed by atoms with Crippen LogP contribution in [0.25, 0.3) is 11.1 Å². The highest BCUT2D eigenvalue weighted by Gasteiger charge is 2.18. The second-order valence-electron chi connectivity index (χ2n) is 8.43. The molecule has 0 atom stereocenters. The monoisotopic (exact) mass is 388 g/mol. The van der Waals surface area contributed by atoms with Gasteiger partial charge in [0.15, 0.2) is 0 Å². The minimum Gasteiger partial charge on any atom is -0.494 e. The van der Waals surface area contributed by atoms with Crippen LogP contribution in [0, 0.1) is 23.7 Å². The average Bonchev–Trinajstić information content (AvgIpc) is 2.77. The van der Waals surface area contributed by atoms with E-state index in [1.807, 2.05) is 0 Å². The lowest BCUT2D eigenvalue weighted by molar-refractivity contribution is 0.300. The van der Waals surface area contributed by atoms with Gasteiger partial charge in [-0.3, -0.25) is 0 Å². The molecule has 1 aliphatic carbocycles. The van der Waals surface area contributed by atoms with E-state index in [2.05, 4.69) is 74.2 Å². The summed E-state index contributed by atoms with van der Waals surface area (Å²) in [6.07, 6.45) is 11.6. The van der Waals surface area contributed by atoms with Crippen LogP contribution in [-0.2, 0) is 0 Å². The molecule has 0 bridgehead atoms. The van der Waals surface area contributed by atoms with Gasteiger partial charge in [0.1, 0.15) is 5.75 Å². The summed E-state index contributed by atoms with van der Waals surface area (Å²) in [6.45, 7) is 5.32. The van der Waals surface area contributed by atoms with E-state index in [1.54, 1.807) is 0 Å². The molecule has 0 aliphatic heterocycles. The predicted octanol–water partition coefficient (Wildman–Crippen LogP) is 7.88. The molecule has 0 saturated heterocycles. The molecule has 1 fully saturated rings. The van der Waals surface area contributed by atoms with Crippen LogP contribution in [0.3, 0.4) is 0 Å². The quantitative estimate of drug-likeness (QED) is 0.330. The number of hydrogen-bond donors (Lipinski definition) is 0. The van der Waals surface area contributed by atoms with E-state index in [-0.39, 0.29) is 0 Å². The van der Waals surface area contributed by atoms with E-state index in [1.165, 1.54) is 62.5 Å². The van der Waals surface area contributed by atoms with Crippen LogP contribution in [0.15, 0.2) is 48.5 Å². The Morgan fingerprint density at radius 2 is 1.45 bits per heavy atom. The first-order valence-corrected chi connectivity index (χ1v) is 11.6. The van der Waals surface area contributed by atoms with Crippen molar-refractivity contribution in [2.45, 2.75) is 71.6 Å². The molecule has 1 nitrogen and oxygen atoms in total. The van der Waals surface area contributed by atoms with Crippen LogP contribution in [-0.4, -0.2) is 6.61 Å². The van der Waals surface area contributed by atoms with Gasteiger partial charge in [-0.2, -0.15) is 0 Å². The van der Waals surface area contributed by atoms with E-state index in [0.717, 1.165) is 30.3 Å². The Hall–Kier alpha value is -2.20. The molecule has 3 rings (SSSR count). The molecule has 2 aromatic rings. The van der Waals surface area contributed by atoms with Crippen molar-refractivity contribution in [2.75, 3.05) is 6.61 Å². The van der Waals surface area contributed by atoms with Gasteiger partial charge in [-0.25, -0.2) is 0 Å². The zero-order valence-electron chi connectivity index (χ0n) is 18.3. The topological polar surface area (TPSA) is 9.23 Å². The first-order valence-electron chi connectivity index (χ1n) is 11.6. The molecule has 0 amide bonds. The maximum atomic E-state index is 5.81. The van der Waals surface area contributed by atoms with Crippen LogP contribution < -0.4 is 4.74 Å². The van der Waals surface area contributed by atoms with Gasteiger partial charge in [-0.15, -0.1) is 0 Å². The van der Waals surface area contributed by atoms with Crippen LogP contribution in [0.5, 0.6) is 5.75 Å². The minimum absolute atomic E-state index is 0.590. The third kappa shape index (κ3) is 6.97. The van der Waals surface area contributed by atoms with Crippen molar-refractivity contribution in [1.29, 1.82) is 0 Å². The predicted molar refractivity (Wildman–Crippen MR) is 124 cm³/mol. The van der Waals surface area contributed by atoms with Gasteiger partial charge in [0.05, 0.1) is 6.61 Å². The summed E-state index contributed by atoms with van der Waals surface area (Å²) in [4.78, 5) is 0. The fourth-order valence-electron chi connectivity index (χ4n) is 4.22. The summed E-state index contributed by atoms with van der Waals surface area (Å²) in [5.74, 6) is 9.44. The van der Waals surface area contributed by atoms with Crippen LogP contribution in [0.2, 0.25) is 0 Å². The Morgan fingerprint density at radius 1 is 0.793 bits per heavy atom. The fourth-order valence-corrected chi connectivity index (χ4v) is 4.22. The molecule has 0 aromatic heterocycles. The largest absolute Gasteiger partial charge is 0.494 e. The van der Waals surface area contributed by atoms with Crippen molar-refractivity contribution in [2.24, 2.45) is 11.8 Å². The summed E-state index contributed by atoms with van der Waals surface area (Å²) < 4.78 is 5.81. The fraction of sp³-hybridized carbons (Fsp3) is 0.500. The minimum atomic E-state index is 0.590. The molecule has 0 N–H and O–H groups in total. The molecule has 1 aliphatic rings. The SMILES string of the molecule is CCCCCOc1ccc(-c2ccc(C#CC3CCC(CCC)CC3)cc2)cc1. The van der Waals surface area contributed by atoms with Crippen molar-refractivity contribution in [3.8, 4) is 28.7 Å². The third-order valence-corrected chi connectivity index (χ3v) is 6.05. The van der Waals surface area contributed by atoms with Crippen LogP contribution in [0.1, 0.15) is 77.2 Å². The Bertz CT molecular complexity index is 768. The van der Waals surface area contributed by atoms with Gasteiger partial charge < -0.3 is 4.74 Å². The molecule has 0 spiro atoms. The smallest absolute Gasteiger partial charge is 0.119 e. The molecule has 2 aromatic carbocycles. The van der Waals surface area contributed by atoms with Gasteiger partial charge >= 0.3 is 0 Å². The number of unbranched alkanes of at least 4 members (excludes halogenated alkanes) is 2. The second-order valence-corrected chi connectivity index (χ2v) is 8.43. The summed E-state index contributed by atoms with van der Waals surface area (Å²) in [5, 5.41) is 0. The Kier molecular flexibility index (Phi) is 8.69. The van der Waals surface area contributed by atoms with Crippen molar-refractivity contribution in [3.05, 3.63) is 54.1 Å². The molecule has 0 unspecified atom stereocenters. The molecule has 1 saturated carbocycles. The Labute approximate surface area is 177 Å². The highest BCUT2D eigenvalue weighted by molar-refractivity contribution is 5.65. The Morgan fingerprint density at radius 3 is 2.07 bits per heavy atom. The molecule has 1 heteroatoms. The standard InChI is InChI=1S/C28H36O/c1-3-5-6-22-29-28-20-18-27(19-21-28)26-16-14-25(15-17-26)13-12-24-10-8-23(7-4-2)9-11-24/h14-21,23-24H,3-11,22H2,1-2H3. The van der Waals surface area contributed by atoms with E-state index in [9.17, 15) is 0 Å². The van der Waals surface area contributed by atoms with Gasteiger partial charge in [0.2, 0.25) is 0 Å². The zero-order chi connectivity index (χ0) is 20.3. The Balaban J connectivity index is 1.51. The van der Waals surface area contributed by atoms with Gasteiger partial charge in [0, 0.05) is 11.5 Å². The van der Waals surface area contributed by atoms with Crippen molar-refractivity contribution in [3.63, 3.8) is 0 Å². The third-order valence-electron chi connectivity index (χ3n) is 6.05. The number of ether oxygens (including phenoxy) is 1. The van der Waals surface area contributed by atoms with Gasteiger partial charge in [0.25, 0.3) is 0 Å². The number of rotatable bonds is 8. The summed E-state index contributed by atoms with van der Waals surface area (Å²) in [6, 6.07) is 17.1. The molecule has 0 radical (unpaired) electrons. The molecule has 0 heterocycles. The summed E-state index contributed by atoms with van der Waals surface area (Å²) in [5.41, 5.74) is 3.58. The first-order chi connectivity index (χ1) is 14.3. The number of hydrogen-bond acceptors (Lipinski definition) is 1. The lowest BCUT2D eigenvalue weighted by Crippen LogP contribution is -2.13. The lowest BCUT2D eigenvalue weighted by atomic mass is 9.80. The average molecular weight is 389 g/mol. The van der Waals surface area contributed by atoms with Crippen molar-refractivity contribution < 1.29 is 4.74 Å². The highest BCUT2D eigenvalue weighted by Crippen LogP contribution is 2.31. The van der Waals surface area contributed by atoms with Gasteiger partial charge in [-0.1, -0.05) is 75.6 Å². The molecule has 29 heavy (non-hydrogen) atoms. The van der Waals surface area contributed by atoms with E-state index in [4.69, 9.17) is 4.74 Å². The van der Waals surface area contributed by atoms with E-state index >= 15 is 0 Å². The first kappa shape index (κ1) is 21.5. The zero-order valence-corrected chi connectivity index (χ0v) is 18.3. The summed E-state index contributed by atoms with van der Waals surface area (Å²) in [7, 11) is 0.